The van der Waals surface area contributed by atoms with Crippen LogP contribution in [0, 0.1) is 23.2 Å². The highest BCUT2D eigenvalue weighted by Crippen LogP contribution is 2.59. The first-order chi connectivity index (χ1) is 13.6. The molecule has 0 unspecified atom stereocenters. The lowest BCUT2D eigenvalue weighted by Crippen LogP contribution is -2.36. The van der Waals surface area contributed by atoms with Crippen LogP contribution < -0.4 is 0 Å². The number of allylic oxidation sites excluding steroid dienone is 4. The number of rotatable bonds is 6. The zero-order chi connectivity index (χ0) is 21.2. The highest BCUT2D eigenvalue weighted by Gasteiger charge is 2.50. The summed E-state index contributed by atoms with van der Waals surface area (Å²) in [5.74, 6) is 2.21. The molecule has 0 spiro atoms. The molecule has 3 aliphatic rings. The molecule has 0 aromatic heterocycles. The molecule has 5 atom stereocenters. The second-order valence-electron chi connectivity index (χ2n) is 10.8. The Morgan fingerprint density at radius 3 is 2.79 bits per heavy atom. The summed E-state index contributed by atoms with van der Waals surface area (Å²) in [5, 5.41) is 20.1. The molecule has 2 heteroatoms. The minimum absolute atomic E-state index is 0.412. The first-order valence-corrected chi connectivity index (χ1v) is 11.8. The van der Waals surface area contributed by atoms with Crippen LogP contribution in [0.2, 0.25) is 0 Å². The molecule has 29 heavy (non-hydrogen) atoms. The van der Waals surface area contributed by atoms with E-state index in [9.17, 15) is 10.2 Å². The summed E-state index contributed by atoms with van der Waals surface area (Å²) in [4.78, 5) is 0. The molecule has 0 radical (unpaired) electrons. The van der Waals surface area contributed by atoms with Crippen molar-refractivity contribution < 1.29 is 10.2 Å². The van der Waals surface area contributed by atoms with Crippen molar-refractivity contribution >= 4 is 0 Å². The Balaban J connectivity index is 1.70. The summed E-state index contributed by atoms with van der Waals surface area (Å²) in [6, 6.07) is 0. The summed E-state index contributed by atoms with van der Waals surface area (Å²) in [6.45, 7) is 12.9. The zero-order valence-electron chi connectivity index (χ0n) is 19.1. The lowest BCUT2D eigenvalue weighted by atomic mass is 9.60. The van der Waals surface area contributed by atoms with Gasteiger partial charge in [-0.05, 0) is 93.1 Å². The molecule has 2 fully saturated rings. The van der Waals surface area contributed by atoms with E-state index in [4.69, 9.17) is 0 Å². The molecule has 0 aliphatic heterocycles. The van der Waals surface area contributed by atoms with Gasteiger partial charge < -0.3 is 10.2 Å². The topological polar surface area (TPSA) is 40.5 Å². The standard InChI is InChI=1S/C27H42O2/c1-19(9-7-17-26(3,4)29)23-15-16-24-22(11-8-18-27(23,24)5)14-13-21-10-6-12-25(28)20(21)2/h6,10,13-14,19,23-25,28-29H,2,7-9,11-12,15-18H2,1,3-5H3/b21-13-,22-14?/t19-,23-,24+,25+,27-/m1/s1. The van der Waals surface area contributed by atoms with Gasteiger partial charge in [0.2, 0.25) is 0 Å². The quantitative estimate of drug-likeness (QED) is 0.535. The predicted octanol–water partition coefficient (Wildman–Crippen LogP) is 6.51. The van der Waals surface area contributed by atoms with Crippen molar-refractivity contribution in [1.29, 1.82) is 0 Å². The average molecular weight is 399 g/mol. The van der Waals surface area contributed by atoms with Gasteiger partial charge in [0.05, 0.1) is 11.7 Å². The van der Waals surface area contributed by atoms with E-state index < -0.39 is 11.7 Å². The molecule has 0 aromatic carbocycles. The Morgan fingerprint density at radius 1 is 1.31 bits per heavy atom. The van der Waals surface area contributed by atoms with Crippen molar-refractivity contribution in [2.24, 2.45) is 23.2 Å². The largest absolute Gasteiger partial charge is 0.390 e. The Morgan fingerprint density at radius 2 is 2.07 bits per heavy atom. The van der Waals surface area contributed by atoms with Crippen molar-refractivity contribution in [2.75, 3.05) is 0 Å². The fraction of sp³-hybridized carbons (Fsp3) is 0.704. The van der Waals surface area contributed by atoms with Crippen LogP contribution in [0.3, 0.4) is 0 Å². The molecule has 3 aliphatic carbocycles. The number of hydrogen-bond acceptors (Lipinski definition) is 2. The molecule has 3 rings (SSSR count). The highest BCUT2D eigenvalue weighted by molar-refractivity contribution is 5.46. The molecule has 2 nitrogen and oxygen atoms in total. The van der Waals surface area contributed by atoms with Gasteiger partial charge in [0.15, 0.2) is 0 Å². The summed E-state index contributed by atoms with van der Waals surface area (Å²) >= 11 is 0. The molecule has 0 aromatic rings. The van der Waals surface area contributed by atoms with Crippen molar-refractivity contribution in [3.05, 3.63) is 47.6 Å². The predicted molar refractivity (Wildman–Crippen MR) is 123 cm³/mol. The third kappa shape index (κ3) is 5.14. The highest BCUT2D eigenvalue weighted by atomic mass is 16.3. The molecule has 2 saturated carbocycles. The molecule has 0 amide bonds. The molecule has 162 valence electrons. The Bertz CT molecular complexity index is 690. The maximum atomic E-state index is 10.1. The average Bonchev–Trinajstić information content (AvgIpc) is 2.99. The number of aliphatic hydroxyl groups excluding tert-OH is 1. The Kier molecular flexibility index (Phi) is 6.95. The van der Waals surface area contributed by atoms with Crippen LogP contribution in [0.1, 0.15) is 85.5 Å². The normalized spacial score (nSPS) is 36.6. The zero-order valence-corrected chi connectivity index (χ0v) is 19.1. The van der Waals surface area contributed by atoms with E-state index in [2.05, 4.69) is 44.7 Å². The maximum absolute atomic E-state index is 10.1. The van der Waals surface area contributed by atoms with E-state index in [0.717, 1.165) is 35.8 Å². The fourth-order valence-corrected chi connectivity index (χ4v) is 6.40. The summed E-state index contributed by atoms with van der Waals surface area (Å²) in [7, 11) is 0. The second-order valence-corrected chi connectivity index (χ2v) is 10.8. The molecule has 0 saturated heterocycles. The van der Waals surface area contributed by atoms with E-state index in [1.807, 2.05) is 13.8 Å². The van der Waals surface area contributed by atoms with Crippen LogP contribution >= 0.6 is 0 Å². The SMILES string of the molecule is C=C1/C(=C\C=C2CCC[C@]3(C)[C@@H]([C@H](C)CCCC(C)(C)O)CC[C@@H]23)C=CC[C@@H]1O. The lowest BCUT2D eigenvalue weighted by molar-refractivity contribution is 0.0596. The van der Waals surface area contributed by atoms with Gasteiger partial charge in [-0.2, -0.15) is 0 Å². The molecule has 2 N–H and O–H groups in total. The summed E-state index contributed by atoms with van der Waals surface area (Å²) < 4.78 is 0. The van der Waals surface area contributed by atoms with Gasteiger partial charge in [-0.3, -0.25) is 0 Å². The summed E-state index contributed by atoms with van der Waals surface area (Å²) in [6.07, 6.45) is 18.7. The van der Waals surface area contributed by atoms with Crippen molar-refractivity contribution in [2.45, 2.75) is 97.2 Å². The third-order valence-electron chi connectivity index (χ3n) is 8.08. The second kappa shape index (κ2) is 8.94. The summed E-state index contributed by atoms with van der Waals surface area (Å²) in [5.41, 5.74) is 3.42. The molecular weight excluding hydrogens is 356 g/mol. The van der Waals surface area contributed by atoms with Crippen molar-refractivity contribution in [3.8, 4) is 0 Å². The van der Waals surface area contributed by atoms with Crippen LogP contribution in [0.4, 0.5) is 0 Å². The van der Waals surface area contributed by atoms with E-state index in [-0.39, 0.29) is 0 Å². The van der Waals surface area contributed by atoms with Gasteiger partial charge in [0.25, 0.3) is 0 Å². The first-order valence-electron chi connectivity index (χ1n) is 11.8. The van der Waals surface area contributed by atoms with Gasteiger partial charge in [0, 0.05) is 0 Å². The van der Waals surface area contributed by atoms with Gasteiger partial charge in [0.1, 0.15) is 0 Å². The molecular formula is C27H42O2. The minimum atomic E-state index is -0.540. The van der Waals surface area contributed by atoms with Crippen LogP contribution in [0.5, 0.6) is 0 Å². The van der Waals surface area contributed by atoms with Crippen LogP contribution in [-0.4, -0.2) is 21.9 Å². The lowest BCUT2D eigenvalue weighted by Gasteiger charge is -2.44. The van der Waals surface area contributed by atoms with Gasteiger partial charge in [-0.15, -0.1) is 0 Å². The van der Waals surface area contributed by atoms with E-state index in [0.29, 0.717) is 17.8 Å². The molecule has 0 heterocycles. The minimum Gasteiger partial charge on any atom is -0.390 e. The van der Waals surface area contributed by atoms with E-state index in [1.54, 1.807) is 5.57 Å². The van der Waals surface area contributed by atoms with Gasteiger partial charge >= 0.3 is 0 Å². The van der Waals surface area contributed by atoms with Gasteiger partial charge in [-0.25, -0.2) is 0 Å². The Hall–Kier alpha value is -1.12. The van der Waals surface area contributed by atoms with E-state index >= 15 is 0 Å². The maximum Gasteiger partial charge on any atom is 0.0824 e. The monoisotopic (exact) mass is 398 g/mol. The Labute approximate surface area is 178 Å². The van der Waals surface area contributed by atoms with Crippen LogP contribution in [-0.2, 0) is 0 Å². The first kappa shape index (κ1) is 22.6. The smallest absolute Gasteiger partial charge is 0.0824 e. The fourth-order valence-electron chi connectivity index (χ4n) is 6.40. The van der Waals surface area contributed by atoms with E-state index in [1.165, 1.54) is 38.5 Å². The molecule has 0 bridgehead atoms. The van der Waals surface area contributed by atoms with Crippen molar-refractivity contribution in [3.63, 3.8) is 0 Å². The van der Waals surface area contributed by atoms with Gasteiger partial charge in [-0.1, -0.05) is 63.1 Å². The van der Waals surface area contributed by atoms with Crippen LogP contribution in [0.25, 0.3) is 0 Å². The number of hydrogen-bond donors (Lipinski definition) is 2. The van der Waals surface area contributed by atoms with Crippen LogP contribution in [0.15, 0.2) is 47.6 Å². The van der Waals surface area contributed by atoms with Crippen molar-refractivity contribution in [1.82, 2.24) is 0 Å². The number of fused-ring (bicyclic) bond motifs is 1. The third-order valence-corrected chi connectivity index (χ3v) is 8.08. The number of aliphatic hydroxyl groups is 2.